The number of para-hydroxylation sites is 1. The smallest absolute Gasteiger partial charge is 0.339 e. The van der Waals surface area contributed by atoms with E-state index in [9.17, 15) is 14.2 Å². The molecule has 2 unspecified atom stereocenters. The van der Waals surface area contributed by atoms with Crippen LogP contribution in [0.3, 0.4) is 0 Å². The molecule has 0 aliphatic rings. The normalized spacial score (nSPS) is 14.5. The summed E-state index contributed by atoms with van der Waals surface area (Å²) in [6.07, 6.45) is 0. The van der Waals surface area contributed by atoms with Crippen LogP contribution in [0.4, 0.5) is 10.5 Å². The Hall–Kier alpha value is -3.00. The van der Waals surface area contributed by atoms with E-state index >= 15 is 0 Å². The minimum atomic E-state index is -3.92. The van der Waals surface area contributed by atoms with Crippen LogP contribution in [0.25, 0.3) is 0 Å². The Bertz CT molecular complexity index is 1040. The molecule has 0 aromatic heterocycles. The number of benzene rings is 2. The average Bonchev–Trinajstić information content (AvgIpc) is 2.82. The third-order valence-corrected chi connectivity index (χ3v) is 8.45. The molecule has 0 spiro atoms. The molecule has 0 aliphatic carbocycles. The lowest BCUT2D eigenvalue weighted by Crippen LogP contribution is -2.43. The van der Waals surface area contributed by atoms with Crippen LogP contribution in [0.2, 0.25) is 0 Å². The van der Waals surface area contributed by atoms with Crippen molar-refractivity contribution in [1.29, 1.82) is 0 Å². The molecule has 2 amide bonds. The second-order valence-corrected chi connectivity index (χ2v) is 10.9. The lowest BCUT2D eigenvalue weighted by Gasteiger charge is -2.40. The molecule has 0 heterocycles. The minimum absolute atomic E-state index is 0.0246. The number of carbonyl (C=O) groups excluding carboxylic acids is 2. The number of rotatable bonds is 11. The van der Waals surface area contributed by atoms with Crippen molar-refractivity contribution in [3.05, 3.63) is 66.2 Å². The predicted molar refractivity (Wildman–Crippen MR) is 138 cm³/mol. The molecule has 0 saturated heterocycles. The van der Waals surface area contributed by atoms with Crippen LogP contribution in [0.1, 0.15) is 40.2 Å². The summed E-state index contributed by atoms with van der Waals surface area (Å²) in [6, 6.07) is 17.1. The van der Waals surface area contributed by atoms with Gasteiger partial charge in [0, 0.05) is 17.8 Å². The number of carbonyl (C=O) groups is 2. The van der Waals surface area contributed by atoms with Gasteiger partial charge in [-0.15, -0.1) is 0 Å². The highest BCUT2D eigenvalue weighted by atomic mass is 31.2. The van der Waals surface area contributed by atoms with E-state index in [1.165, 1.54) is 14.0 Å². The number of methoxy groups -OCH3 is 1. The van der Waals surface area contributed by atoms with Gasteiger partial charge >= 0.3 is 12.0 Å². The number of hydrazone groups is 1. The number of urea groups is 1. The Kier molecular flexibility index (Phi) is 10.6. The quantitative estimate of drug-likeness (QED) is 0.188. The molecule has 2 atom stereocenters. The van der Waals surface area contributed by atoms with E-state index in [-0.39, 0.29) is 24.4 Å². The molecular formula is C25H35N4O5P. The molecule has 0 radical (unpaired) electrons. The highest BCUT2D eigenvalue weighted by Crippen LogP contribution is 2.58. The Balaban J connectivity index is 2.41. The zero-order valence-electron chi connectivity index (χ0n) is 21.1. The molecule has 2 aromatic carbocycles. The maximum atomic E-state index is 14.6. The number of amides is 2. The number of hydrogen-bond donors (Lipinski definition) is 2. The first kappa shape index (κ1) is 28.2. The summed E-state index contributed by atoms with van der Waals surface area (Å²) in [4.78, 5) is 25.3. The Morgan fingerprint density at radius 1 is 0.971 bits per heavy atom. The molecule has 190 valence electrons. The number of ether oxygens (including phenoxy) is 1. The van der Waals surface area contributed by atoms with Crippen LogP contribution < -0.4 is 10.7 Å². The zero-order chi connectivity index (χ0) is 26.0. The van der Waals surface area contributed by atoms with E-state index in [1.807, 2.05) is 64.1 Å². The first-order valence-electron chi connectivity index (χ1n) is 11.4. The summed E-state index contributed by atoms with van der Waals surface area (Å²) >= 11 is 0. The van der Waals surface area contributed by atoms with E-state index in [1.54, 1.807) is 28.9 Å². The molecular weight excluding hydrogens is 467 g/mol. The number of hydrogen-bond acceptors (Lipinski definition) is 6. The van der Waals surface area contributed by atoms with Gasteiger partial charge in [0.25, 0.3) is 7.52 Å². The second-order valence-electron chi connectivity index (χ2n) is 8.50. The summed E-state index contributed by atoms with van der Waals surface area (Å²) < 4.78 is 27.4. The summed E-state index contributed by atoms with van der Waals surface area (Å²) in [5.74, 6) is -0.765. The number of nitrogens with one attached hydrogen (secondary N) is 2. The van der Waals surface area contributed by atoms with Gasteiger partial charge in [-0.25, -0.2) is 14.9 Å². The first-order valence-corrected chi connectivity index (χ1v) is 13.1. The third kappa shape index (κ3) is 7.75. The summed E-state index contributed by atoms with van der Waals surface area (Å²) in [6.45, 7) is 9.06. The fourth-order valence-corrected chi connectivity index (χ4v) is 6.86. The molecule has 0 bridgehead atoms. The fourth-order valence-electron chi connectivity index (χ4n) is 3.79. The standard InChI is InChI=1S/C25H35N4O5P/c1-18(2)29(19(3)4)35(32,34-17-21-13-9-7-10-14-21)23(24(30)33-6)20(5)27-28-25(31)26-22-15-11-8-12-16-22/h7-16,18-19,23H,17H2,1-6H3,(H2,26,28,31)/b27-20+. The zero-order valence-corrected chi connectivity index (χ0v) is 22.0. The van der Waals surface area contributed by atoms with Crippen molar-refractivity contribution in [1.82, 2.24) is 10.1 Å². The van der Waals surface area contributed by atoms with Crippen LogP contribution in [-0.2, 0) is 25.2 Å². The highest BCUT2D eigenvalue weighted by Gasteiger charge is 2.49. The maximum Gasteiger partial charge on any atom is 0.339 e. The first-order chi connectivity index (χ1) is 16.6. The SMILES string of the molecule is COC(=O)C(/C(C)=N/NC(=O)Nc1ccccc1)P(=O)(OCc1ccccc1)N(C(C)C)C(C)C. The molecule has 0 saturated carbocycles. The summed E-state index contributed by atoms with van der Waals surface area (Å²) in [5.41, 5.74) is 2.50. The van der Waals surface area contributed by atoms with E-state index < -0.39 is 25.2 Å². The molecule has 2 N–H and O–H groups in total. The lowest BCUT2D eigenvalue weighted by molar-refractivity contribution is -0.139. The van der Waals surface area contributed by atoms with Gasteiger partial charge in [0.2, 0.25) is 0 Å². The van der Waals surface area contributed by atoms with Gasteiger partial charge in [0.05, 0.1) is 19.4 Å². The van der Waals surface area contributed by atoms with Gasteiger partial charge in [-0.1, -0.05) is 48.5 Å². The molecule has 9 nitrogen and oxygen atoms in total. The highest BCUT2D eigenvalue weighted by molar-refractivity contribution is 7.59. The maximum absolute atomic E-state index is 14.6. The van der Waals surface area contributed by atoms with Gasteiger partial charge in [-0.2, -0.15) is 5.10 Å². The summed E-state index contributed by atoms with van der Waals surface area (Å²) in [7, 11) is -2.70. The summed E-state index contributed by atoms with van der Waals surface area (Å²) in [5, 5.41) is 6.73. The van der Waals surface area contributed by atoms with Crippen LogP contribution in [-0.4, -0.2) is 47.2 Å². The number of anilines is 1. The van der Waals surface area contributed by atoms with Gasteiger partial charge in [0.1, 0.15) is 0 Å². The van der Waals surface area contributed by atoms with Crippen LogP contribution >= 0.6 is 7.52 Å². The molecule has 2 aromatic rings. The van der Waals surface area contributed by atoms with Crippen molar-refractivity contribution in [3.63, 3.8) is 0 Å². The topological polar surface area (TPSA) is 109 Å². The molecule has 2 rings (SSSR count). The Morgan fingerprint density at radius 3 is 2.03 bits per heavy atom. The average molecular weight is 503 g/mol. The van der Waals surface area contributed by atoms with Crippen molar-refractivity contribution in [3.8, 4) is 0 Å². The van der Waals surface area contributed by atoms with Crippen molar-refractivity contribution in [2.75, 3.05) is 12.4 Å². The molecule has 0 fully saturated rings. The largest absolute Gasteiger partial charge is 0.468 e. The van der Waals surface area contributed by atoms with Crippen LogP contribution in [0, 0.1) is 0 Å². The van der Waals surface area contributed by atoms with Crippen molar-refractivity contribution in [2.45, 2.75) is 59.0 Å². The van der Waals surface area contributed by atoms with Gasteiger partial charge < -0.3 is 14.6 Å². The number of esters is 1. The predicted octanol–water partition coefficient (Wildman–Crippen LogP) is 5.25. The lowest BCUT2D eigenvalue weighted by atomic mass is 10.2. The molecule has 35 heavy (non-hydrogen) atoms. The second kappa shape index (κ2) is 13.2. The molecule has 10 heteroatoms. The van der Waals surface area contributed by atoms with Gasteiger partial charge in [-0.05, 0) is 52.3 Å². The van der Waals surface area contributed by atoms with Crippen LogP contribution in [0.15, 0.2) is 65.8 Å². The van der Waals surface area contributed by atoms with Crippen molar-refractivity contribution in [2.24, 2.45) is 5.10 Å². The number of nitrogens with zero attached hydrogens (tertiary/aromatic N) is 2. The van der Waals surface area contributed by atoms with Gasteiger partial charge in [-0.3, -0.25) is 9.36 Å². The van der Waals surface area contributed by atoms with Crippen LogP contribution in [0.5, 0.6) is 0 Å². The molecule has 0 aliphatic heterocycles. The Labute approximate surface area is 207 Å². The van der Waals surface area contributed by atoms with Crippen molar-refractivity contribution < 1.29 is 23.4 Å². The Morgan fingerprint density at radius 2 is 1.51 bits per heavy atom. The van der Waals surface area contributed by atoms with Crippen molar-refractivity contribution >= 4 is 30.9 Å². The third-order valence-electron chi connectivity index (χ3n) is 5.15. The van der Waals surface area contributed by atoms with E-state index in [4.69, 9.17) is 9.26 Å². The van der Waals surface area contributed by atoms with E-state index in [0.717, 1.165) is 5.56 Å². The van der Waals surface area contributed by atoms with Gasteiger partial charge in [0.15, 0.2) is 5.66 Å². The monoisotopic (exact) mass is 502 g/mol. The minimum Gasteiger partial charge on any atom is -0.468 e. The van der Waals surface area contributed by atoms with E-state index in [2.05, 4.69) is 15.8 Å². The fraction of sp³-hybridized carbons (Fsp3) is 0.400. The van der Waals surface area contributed by atoms with E-state index in [0.29, 0.717) is 5.69 Å².